The van der Waals surface area contributed by atoms with Crippen LogP contribution in [0.15, 0.2) is 91.0 Å². The van der Waals surface area contributed by atoms with Gasteiger partial charge in [0.25, 0.3) is 0 Å². The highest BCUT2D eigenvalue weighted by Crippen LogP contribution is 2.46. The van der Waals surface area contributed by atoms with Gasteiger partial charge >= 0.3 is 0 Å². The number of benzene rings is 3. The summed E-state index contributed by atoms with van der Waals surface area (Å²) in [7, 11) is 0. The summed E-state index contributed by atoms with van der Waals surface area (Å²) in [5.74, 6) is 0.699. The number of hydrogen-bond donors (Lipinski definition) is 1. The number of aldehydes is 1. The quantitative estimate of drug-likeness (QED) is 0.212. The van der Waals surface area contributed by atoms with Crippen LogP contribution in [0.5, 0.6) is 0 Å². The maximum absolute atomic E-state index is 12.4. The predicted octanol–water partition coefficient (Wildman–Crippen LogP) is 5.94. The molecule has 1 nitrogen and oxygen atoms in total. The summed E-state index contributed by atoms with van der Waals surface area (Å²) in [4.78, 5) is 12.4. The molecule has 0 aliphatic heterocycles. The van der Waals surface area contributed by atoms with Crippen LogP contribution in [0.25, 0.3) is 0 Å². The summed E-state index contributed by atoms with van der Waals surface area (Å²) < 4.78 is 0. The van der Waals surface area contributed by atoms with E-state index in [0.717, 1.165) is 48.0 Å². The number of carbonyl (C=O) groups excluding carboxylic acids is 1. The van der Waals surface area contributed by atoms with Crippen molar-refractivity contribution in [1.29, 1.82) is 0 Å². The summed E-state index contributed by atoms with van der Waals surface area (Å²) in [6.07, 6.45) is 4.00. The van der Waals surface area contributed by atoms with Gasteiger partial charge in [-0.2, -0.15) is 12.6 Å². The highest BCUT2D eigenvalue weighted by Gasteiger charge is 2.43. The average Bonchev–Trinajstić information content (AvgIpc) is 2.75. The lowest BCUT2D eigenvalue weighted by molar-refractivity contribution is -0.112. The molecule has 0 unspecified atom stereocenters. The minimum Gasteiger partial charge on any atom is -0.303 e. The van der Waals surface area contributed by atoms with Crippen LogP contribution in [-0.2, 0) is 10.2 Å². The molecule has 2 heteroatoms. The predicted molar refractivity (Wildman–Crippen MR) is 116 cm³/mol. The molecule has 0 bridgehead atoms. The highest BCUT2D eigenvalue weighted by atomic mass is 32.1. The number of hydrogen-bond acceptors (Lipinski definition) is 2. The molecular weight excluding hydrogens is 348 g/mol. The van der Waals surface area contributed by atoms with Gasteiger partial charge in [-0.3, -0.25) is 0 Å². The van der Waals surface area contributed by atoms with Crippen LogP contribution < -0.4 is 0 Å². The molecule has 0 aromatic heterocycles. The van der Waals surface area contributed by atoms with Gasteiger partial charge in [0.15, 0.2) is 0 Å². The summed E-state index contributed by atoms with van der Waals surface area (Å²) in [6.45, 7) is 0. The van der Waals surface area contributed by atoms with E-state index in [0.29, 0.717) is 0 Å². The maximum atomic E-state index is 12.4. The number of thiol groups is 1. The summed E-state index contributed by atoms with van der Waals surface area (Å²) >= 11 is 4.35. The molecule has 0 spiro atoms. The van der Waals surface area contributed by atoms with Crippen LogP contribution in [0.1, 0.15) is 36.0 Å². The Morgan fingerprint density at radius 1 is 0.704 bits per heavy atom. The van der Waals surface area contributed by atoms with Gasteiger partial charge in [0, 0.05) is 5.92 Å². The Morgan fingerprint density at radius 3 is 1.44 bits per heavy atom. The second-order valence-electron chi connectivity index (χ2n) is 6.87. The molecule has 3 rings (SSSR count). The van der Waals surface area contributed by atoms with Gasteiger partial charge in [0.1, 0.15) is 6.29 Å². The zero-order valence-electron chi connectivity index (χ0n) is 15.5. The molecule has 1 atom stereocenters. The minimum absolute atomic E-state index is 0.149. The highest BCUT2D eigenvalue weighted by molar-refractivity contribution is 7.80. The van der Waals surface area contributed by atoms with Crippen LogP contribution in [0, 0.1) is 5.92 Å². The van der Waals surface area contributed by atoms with E-state index in [-0.39, 0.29) is 5.92 Å². The first-order valence-corrected chi connectivity index (χ1v) is 10.2. The molecule has 3 aromatic rings. The number of unbranched alkanes of at least 4 members (excludes halogenated alkanes) is 1. The van der Waals surface area contributed by atoms with E-state index in [4.69, 9.17) is 0 Å². The van der Waals surface area contributed by atoms with Crippen LogP contribution in [0.3, 0.4) is 0 Å². The van der Waals surface area contributed by atoms with Gasteiger partial charge in [0.2, 0.25) is 0 Å². The van der Waals surface area contributed by atoms with Crippen LogP contribution >= 0.6 is 12.6 Å². The molecule has 0 N–H and O–H groups in total. The van der Waals surface area contributed by atoms with Gasteiger partial charge in [0.05, 0.1) is 5.41 Å². The third-order valence-corrected chi connectivity index (χ3v) is 5.65. The molecule has 27 heavy (non-hydrogen) atoms. The fraction of sp³-hybridized carbons (Fsp3) is 0.240. The first-order valence-electron chi connectivity index (χ1n) is 9.56. The maximum Gasteiger partial charge on any atom is 0.124 e. The molecule has 0 aliphatic rings. The van der Waals surface area contributed by atoms with Crippen molar-refractivity contribution in [2.75, 3.05) is 5.75 Å². The molecule has 0 radical (unpaired) electrons. The van der Waals surface area contributed by atoms with Crippen molar-refractivity contribution in [1.82, 2.24) is 0 Å². The fourth-order valence-corrected chi connectivity index (χ4v) is 4.33. The Balaban J connectivity index is 2.27. The second kappa shape index (κ2) is 9.57. The molecule has 0 saturated heterocycles. The Morgan fingerprint density at radius 2 is 1.11 bits per heavy atom. The van der Waals surface area contributed by atoms with Crippen molar-refractivity contribution in [3.05, 3.63) is 108 Å². The fourth-order valence-electron chi connectivity index (χ4n) is 4.11. The Kier molecular flexibility index (Phi) is 6.89. The first kappa shape index (κ1) is 19.4. The minimum atomic E-state index is -0.498. The molecular formula is C25H26OS. The molecule has 0 saturated carbocycles. The summed E-state index contributed by atoms with van der Waals surface area (Å²) in [5, 5.41) is 0. The third kappa shape index (κ3) is 4.01. The smallest absolute Gasteiger partial charge is 0.124 e. The van der Waals surface area contributed by atoms with E-state index in [1.165, 1.54) is 0 Å². The molecule has 0 heterocycles. The van der Waals surface area contributed by atoms with E-state index in [1.807, 2.05) is 18.2 Å². The molecule has 3 aromatic carbocycles. The Hall–Kier alpha value is -2.32. The van der Waals surface area contributed by atoms with E-state index >= 15 is 0 Å². The van der Waals surface area contributed by atoms with E-state index in [1.54, 1.807) is 0 Å². The van der Waals surface area contributed by atoms with E-state index in [9.17, 15) is 4.79 Å². The lowest BCUT2D eigenvalue weighted by Crippen LogP contribution is -2.39. The van der Waals surface area contributed by atoms with Crippen molar-refractivity contribution in [2.24, 2.45) is 5.92 Å². The van der Waals surface area contributed by atoms with Gasteiger partial charge in [-0.15, -0.1) is 0 Å². The third-order valence-electron chi connectivity index (χ3n) is 5.33. The monoisotopic (exact) mass is 374 g/mol. The molecule has 0 aliphatic carbocycles. The van der Waals surface area contributed by atoms with Crippen molar-refractivity contribution in [2.45, 2.75) is 24.7 Å². The lowest BCUT2D eigenvalue weighted by atomic mass is 9.61. The summed E-state index contributed by atoms with van der Waals surface area (Å²) in [6, 6.07) is 31.3. The molecule has 0 amide bonds. The van der Waals surface area contributed by atoms with Crippen LogP contribution in [0.4, 0.5) is 0 Å². The van der Waals surface area contributed by atoms with E-state index in [2.05, 4.69) is 85.4 Å². The molecule has 0 fully saturated rings. The topological polar surface area (TPSA) is 17.1 Å². The summed E-state index contributed by atoms with van der Waals surface area (Å²) in [5.41, 5.74) is 2.98. The number of carbonyl (C=O) groups is 1. The SMILES string of the molecule is O=C[C@@H](CCCCS)C(c1ccccc1)(c1ccccc1)c1ccccc1. The zero-order chi connectivity index (χ0) is 19.0. The van der Waals surface area contributed by atoms with Crippen molar-refractivity contribution in [3.63, 3.8) is 0 Å². The van der Waals surface area contributed by atoms with Gasteiger partial charge < -0.3 is 4.79 Å². The number of rotatable bonds is 9. The van der Waals surface area contributed by atoms with Crippen molar-refractivity contribution < 1.29 is 4.79 Å². The second-order valence-corrected chi connectivity index (χ2v) is 7.32. The largest absolute Gasteiger partial charge is 0.303 e. The van der Waals surface area contributed by atoms with Gasteiger partial charge in [-0.25, -0.2) is 0 Å². The Bertz CT molecular complexity index is 718. The van der Waals surface area contributed by atoms with Crippen molar-refractivity contribution in [3.8, 4) is 0 Å². The standard InChI is InChI=1S/C25H26OS/c26-20-24(18-10-11-19-27)25(21-12-4-1-5-13-21,22-14-6-2-7-15-22)23-16-8-3-9-17-23/h1-9,12-17,20,24,27H,10-11,18-19H2/t24-/m1/s1. The Labute approximate surface area is 167 Å². The van der Waals surface area contributed by atoms with Gasteiger partial charge in [-0.05, 0) is 35.3 Å². The van der Waals surface area contributed by atoms with Crippen molar-refractivity contribution >= 4 is 18.9 Å². The average molecular weight is 375 g/mol. The normalized spacial score (nSPS) is 12.5. The van der Waals surface area contributed by atoms with Gasteiger partial charge in [-0.1, -0.05) is 97.4 Å². The first-order chi connectivity index (χ1) is 13.3. The van der Waals surface area contributed by atoms with Crippen LogP contribution in [0.2, 0.25) is 0 Å². The molecule has 138 valence electrons. The zero-order valence-corrected chi connectivity index (χ0v) is 16.4. The van der Waals surface area contributed by atoms with E-state index < -0.39 is 5.41 Å². The lowest BCUT2D eigenvalue weighted by Gasteiger charge is -2.40. The van der Waals surface area contributed by atoms with Crippen LogP contribution in [-0.4, -0.2) is 12.0 Å².